The Morgan fingerprint density at radius 2 is 2.12 bits per heavy atom. The Balaban J connectivity index is 2.31. The Bertz CT molecular complexity index is 398. The molecule has 0 aliphatic rings. The zero-order chi connectivity index (χ0) is 12.8. The largest absolute Gasteiger partial charge is 0.451 e. The lowest BCUT2D eigenvalue weighted by atomic mass is 10.2. The van der Waals surface area contributed by atoms with E-state index >= 15 is 0 Å². The molecule has 1 heterocycles. The van der Waals surface area contributed by atoms with Crippen molar-refractivity contribution in [2.24, 2.45) is 5.92 Å². The van der Waals surface area contributed by atoms with E-state index in [1.54, 1.807) is 6.07 Å². The van der Waals surface area contributed by atoms with Crippen LogP contribution in [0.5, 0.6) is 0 Å². The van der Waals surface area contributed by atoms with Crippen LogP contribution in [-0.2, 0) is 9.53 Å². The molecule has 0 atom stereocenters. The number of amides is 1. The molecule has 0 aliphatic carbocycles. The third-order valence-corrected chi connectivity index (χ3v) is 2.96. The average molecular weight is 255 g/mol. The van der Waals surface area contributed by atoms with Gasteiger partial charge >= 0.3 is 5.97 Å². The Hall–Kier alpha value is -1.36. The summed E-state index contributed by atoms with van der Waals surface area (Å²) in [7, 11) is 0. The summed E-state index contributed by atoms with van der Waals surface area (Å²) in [6.45, 7) is 6.29. The van der Waals surface area contributed by atoms with Gasteiger partial charge in [0.2, 0.25) is 0 Å². The number of carbonyl (C=O) groups is 2. The molecular weight excluding hydrogens is 238 g/mol. The van der Waals surface area contributed by atoms with E-state index in [1.165, 1.54) is 11.3 Å². The smallest absolute Gasteiger partial charge is 0.348 e. The molecule has 17 heavy (non-hydrogen) atoms. The van der Waals surface area contributed by atoms with Gasteiger partial charge < -0.3 is 10.1 Å². The van der Waals surface area contributed by atoms with Crippen LogP contribution in [0.25, 0.3) is 0 Å². The van der Waals surface area contributed by atoms with Crippen molar-refractivity contribution in [3.8, 4) is 0 Å². The van der Waals surface area contributed by atoms with Crippen LogP contribution in [0.1, 0.15) is 28.4 Å². The van der Waals surface area contributed by atoms with Crippen LogP contribution in [0.3, 0.4) is 0 Å². The highest BCUT2D eigenvalue weighted by atomic mass is 32.1. The van der Waals surface area contributed by atoms with E-state index in [-0.39, 0.29) is 12.5 Å². The molecule has 1 N–H and O–H groups in total. The van der Waals surface area contributed by atoms with Gasteiger partial charge in [-0.3, -0.25) is 4.79 Å². The minimum absolute atomic E-state index is 0.220. The molecule has 0 aromatic carbocycles. The second kappa shape index (κ2) is 6.39. The van der Waals surface area contributed by atoms with Crippen molar-refractivity contribution < 1.29 is 14.3 Å². The SMILES string of the molecule is Cc1ccc(C(=O)OCC(=O)NCC(C)C)s1. The molecule has 1 amide bonds. The Labute approximate surface area is 105 Å². The summed E-state index contributed by atoms with van der Waals surface area (Å²) in [6, 6.07) is 3.55. The number of esters is 1. The fraction of sp³-hybridized carbons (Fsp3) is 0.500. The van der Waals surface area contributed by atoms with E-state index in [0.717, 1.165) is 4.88 Å². The molecule has 94 valence electrons. The fourth-order valence-electron chi connectivity index (χ4n) is 1.12. The maximum Gasteiger partial charge on any atom is 0.348 e. The minimum atomic E-state index is -0.442. The zero-order valence-electron chi connectivity index (χ0n) is 10.3. The van der Waals surface area contributed by atoms with Gasteiger partial charge in [-0.2, -0.15) is 0 Å². The Morgan fingerprint density at radius 3 is 2.65 bits per heavy atom. The molecule has 0 bridgehead atoms. The lowest BCUT2D eigenvalue weighted by Gasteiger charge is -2.07. The van der Waals surface area contributed by atoms with Crippen molar-refractivity contribution in [3.63, 3.8) is 0 Å². The first-order chi connectivity index (χ1) is 7.99. The van der Waals surface area contributed by atoms with Gasteiger partial charge in [-0.25, -0.2) is 4.79 Å². The number of hydrogen-bond donors (Lipinski definition) is 1. The second-order valence-electron chi connectivity index (χ2n) is 4.18. The van der Waals surface area contributed by atoms with Crippen molar-refractivity contribution in [1.82, 2.24) is 5.32 Å². The summed E-state index contributed by atoms with van der Waals surface area (Å²) >= 11 is 1.36. The first-order valence-corrected chi connectivity index (χ1v) is 6.31. The monoisotopic (exact) mass is 255 g/mol. The summed E-state index contributed by atoms with van der Waals surface area (Å²) in [5.41, 5.74) is 0. The summed E-state index contributed by atoms with van der Waals surface area (Å²) in [5, 5.41) is 2.68. The summed E-state index contributed by atoms with van der Waals surface area (Å²) in [4.78, 5) is 24.4. The fourth-order valence-corrected chi connectivity index (χ4v) is 1.88. The molecule has 1 rings (SSSR count). The predicted octanol–water partition coefficient (Wildman–Crippen LogP) is 1.99. The summed E-state index contributed by atoms with van der Waals surface area (Å²) in [6.07, 6.45) is 0. The molecule has 0 saturated heterocycles. The van der Waals surface area contributed by atoms with E-state index < -0.39 is 5.97 Å². The Kier molecular flexibility index (Phi) is 5.15. The Morgan fingerprint density at radius 1 is 1.41 bits per heavy atom. The van der Waals surface area contributed by atoms with E-state index in [1.807, 2.05) is 26.8 Å². The van der Waals surface area contributed by atoms with Gasteiger partial charge in [-0.05, 0) is 25.0 Å². The van der Waals surface area contributed by atoms with E-state index in [2.05, 4.69) is 5.32 Å². The molecule has 1 aromatic rings. The molecule has 0 saturated carbocycles. The van der Waals surface area contributed by atoms with Gasteiger partial charge in [0, 0.05) is 11.4 Å². The number of ether oxygens (including phenoxy) is 1. The highest BCUT2D eigenvalue weighted by Crippen LogP contribution is 2.15. The lowest BCUT2D eigenvalue weighted by Crippen LogP contribution is -2.31. The van der Waals surface area contributed by atoms with Crippen LogP contribution in [0.2, 0.25) is 0 Å². The van der Waals surface area contributed by atoms with E-state index in [4.69, 9.17) is 4.74 Å². The van der Waals surface area contributed by atoms with Crippen LogP contribution < -0.4 is 5.32 Å². The number of carbonyl (C=O) groups excluding carboxylic acids is 2. The number of aryl methyl sites for hydroxylation is 1. The summed E-state index contributed by atoms with van der Waals surface area (Å²) in [5.74, 6) is -0.322. The van der Waals surface area contributed by atoms with Gasteiger partial charge in [-0.1, -0.05) is 13.8 Å². The highest BCUT2D eigenvalue weighted by molar-refractivity contribution is 7.13. The van der Waals surface area contributed by atoms with Crippen LogP contribution >= 0.6 is 11.3 Å². The number of nitrogens with one attached hydrogen (secondary N) is 1. The van der Waals surface area contributed by atoms with Crippen molar-refractivity contribution in [3.05, 3.63) is 21.9 Å². The third-order valence-electron chi connectivity index (χ3n) is 1.98. The summed E-state index contributed by atoms with van der Waals surface area (Å²) < 4.78 is 4.89. The molecule has 0 radical (unpaired) electrons. The second-order valence-corrected chi connectivity index (χ2v) is 5.47. The van der Waals surface area contributed by atoms with Crippen LogP contribution in [0.15, 0.2) is 12.1 Å². The minimum Gasteiger partial charge on any atom is -0.451 e. The highest BCUT2D eigenvalue weighted by Gasteiger charge is 2.11. The molecule has 0 aliphatic heterocycles. The van der Waals surface area contributed by atoms with Crippen molar-refractivity contribution >= 4 is 23.2 Å². The third kappa shape index (κ3) is 4.99. The first-order valence-electron chi connectivity index (χ1n) is 5.49. The van der Waals surface area contributed by atoms with Crippen molar-refractivity contribution in [2.45, 2.75) is 20.8 Å². The molecule has 1 aromatic heterocycles. The van der Waals surface area contributed by atoms with Crippen LogP contribution in [0, 0.1) is 12.8 Å². The molecule has 4 nitrogen and oxygen atoms in total. The maximum absolute atomic E-state index is 11.5. The van der Waals surface area contributed by atoms with Gasteiger partial charge in [0.1, 0.15) is 4.88 Å². The van der Waals surface area contributed by atoms with Crippen LogP contribution in [0.4, 0.5) is 0 Å². The quantitative estimate of drug-likeness (QED) is 0.819. The molecule has 0 fully saturated rings. The van der Waals surface area contributed by atoms with E-state index in [9.17, 15) is 9.59 Å². The number of rotatable bonds is 5. The van der Waals surface area contributed by atoms with Crippen molar-refractivity contribution in [1.29, 1.82) is 0 Å². The molecular formula is C12H17NO3S. The zero-order valence-corrected chi connectivity index (χ0v) is 11.1. The molecule has 5 heteroatoms. The molecule has 0 unspecified atom stereocenters. The topological polar surface area (TPSA) is 55.4 Å². The lowest BCUT2D eigenvalue weighted by molar-refractivity contribution is -0.124. The number of hydrogen-bond acceptors (Lipinski definition) is 4. The normalized spacial score (nSPS) is 10.4. The average Bonchev–Trinajstić information content (AvgIpc) is 2.70. The van der Waals surface area contributed by atoms with Gasteiger partial charge in [0.15, 0.2) is 6.61 Å². The van der Waals surface area contributed by atoms with E-state index in [0.29, 0.717) is 17.3 Å². The maximum atomic E-state index is 11.5. The van der Waals surface area contributed by atoms with Gasteiger partial charge in [0.05, 0.1) is 0 Å². The van der Waals surface area contributed by atoms with Crippen molar-refractivity contribution in [2.75, 3.05) is 13.2 Å². The van der Waals surface area contributed by atoms with Gasteiger partial charge in [0.25, 0.3) is 5.91 Å². The van der Waals surface area contributed by atoms with Crippen LogP contribution in [-0.4, -0.2) is 25.0 Å². The van der Waals surface area contributed by atoms with Gasteiger partial charge in [-0.15, -0.1) is 11.3 Å². The number of thiophene rings is 1. The standard InChI is InChI=1S/C12H17NO3S/c1-8(2)6-13-11(14)7-16-12(15)10-5-4-9(3)17-10/h4-5,8H,6-7H2,1-3H3,(H,13,14). The predicted molar refractivity (Wildman–Crippen MR) is 67.2 cm³/mol. The molecule has 0 spiro atoms. The first kappa shape index (κ1) is 13.7.